The highest BCUT2D eigenvalue weighted by atomic mass is 16.5. The van der Waals surface area contributed by atoms with Crippen molar-refractivity contribution in [2.24, 2.45) is 0 Å². The Hall–Kier alpha value is -2.41. The number of amides is 1. The van der Waals surface area contributed by atoms with Crippen molar-refractivity contribution in [1.29, 1.82) is 0 Å². The molecule has 2 aromatic rings. The van der Waals surface area contributed by atoms with Gasteiger partial charge in [-0.25, -0.2) is 0 Å². The van der Waals surface area contributed by atoms with Gasteiger partial charge in [0.25, 0.3) is 5.91 Å². The van der Waals surface area contributed by atoms with Crippen LogP contribution < -0.4 is 4.90 Å². The summed E-state index contributed by atoms with van der Waals surface area (Å²) in [4.78, 5) is 19.6. The molecule has 5 rings (SSSR count). The normalized spacial score (nSPS) is 22.4. The van der Waals surface area contributed by atoms with Crippen molar-refractivity contribution in [3.8, 4) is 0 Å². The molecule has 3 heterocycles. The molecule has 0 aromatic heterocycles. The summed E-state index contributed by atoms with van der Waals surface area (Å²) in [6.07, 6.45) is 1.54. The third-order valence-electron chi connectivity index (χ3n) is 6.97. The van der Waals surface area contributed by atoms with Crippen LogP contribution in [0.4, 0.5) is 5.69 Å². The number of hydrogen-bond acceptors (Lipinski definition) is 5. The molecule has 3 aliphatic rings. The average molecular weight is 436 g/mol. The van der Waals surface area contributed by atoms with E-state index in [2.05, 4.69) is 53.1 Å². The van der Waals surface area contributed by atoms with E-state index in [4.69, 9.17) is 4.74 Å². The molecule has 1 N–H and O–H groups in total. The summed E-state index contributed by atoms with van der Waals surface area (Å²) in [7, 11) is 0. The first-order valence-electron chi connectivity index (χ1n) is 11.8. The fraction of sp³-hybridized carbons (Fsp3) is 0.500. The van der Waals surface area contributed by atoms with Crippen LogP contribution in [0.5, 0.6) is 0 Å². The van der Waals surface area contributed by atoms with E-state index in [1.165, 1.54) is 16.8 Å². The summed E-state index contributed by atoms with van der Waals surface area (Å²) in [5.74, 6) is 0.0381. The zero-order valence-corrected chi connectivity index (χ0v) is 18.9. The summed E-state index contributed by atoms with van der Waals surface area (Å²) in [5.41, 5.74) is 5.82. The van der Waals surface area contributed by atoms with Crippen molar-refractivity contribution >= 4 is 11.6 Å². The van der Waals surface area contributed by atoms with E-state index < -0.39 is 6.10 Å². The van der Waals surface area contributed by atoms with E-state index in [1.54, 1.807) is 0 Å². The number of fused-ring (bicyclic) bond motifs is 2. The Morgan fingerprint density at radius 3 is 2.69 bits per heavy atom. The van der Waals surface area contributed by atoms with Crippen LogP contribution in [0.1, 0.15) is 34.0 Å². The van der Waals surface area contributed by atoms with Gasteiger partial charge in [0.2, 0.25) is 0 Å². The minimum absolute atomic E-state index is 0.0381. The molecule has 0 bridgehead atoms. The van der Waals surface area contributed by atoms with Gasteiger partial charge in [0.05, 0.1) is 18.8 Å². The van der Waals surface area contributed by atoms with Crippen LogP contribution in [-0.4, -0.2) is 78.9 Å². The van der Waals surface area contributed by atoms with Gasteiger partial charge in [0.1, 0.15) is 0 Å². The topological polar surface area (TPSA) is 56.2 Å². The average Bonchev–Trinajstić information content (AvgIpc) is 2.80. The number of anilines is 1. The number of hydrogen-bond donors (Lipinski definition) is 1. The Morgan fingerprint density at radius 2 is 1.84 bits per heavy atom. The molecule has 1 fully saturated rings. The lowest BCUT2D eigenvalue weighted by Gasteiger charge is -2.35. The van der Waals surface area contributed by atoms with Crippen molar-refractivity contribution in [2.45, 2.75) is 38.5 Å². The SMILES string of the molecule is C[C@H]1CN(c2ccc3c(c2)CCN(C[C@H](O)CN2CCc4ccccc4C2)C3=O)CCO1. The summed E-state index contributed by atoms with van der Waals surface area (Å²) < 4.78 is 5.65. The number of aliphatic hydroxyl groups excluding tert-OH is 1. The van der Waals surface area contributed by atoms with Gasteiger partial charge in [-0.05, 0) is 54.7 Å². The third-order valence-corrected chi connectivity index (χ3v) is 6.97. The van der Waals surface area contributed by atoms with Gasteiger partial charge in [0.15, 0.2) is 0 Å². The lowest BCUT2D eigenvalue weighted by molar-refractivity contribution is 0.0492. The van der Waals surface area contributed by atoms with E-state index in [0.717, 1.165) is 56.8 Å². The molecule has 1 saturated heterocycles. The molecule has 0 radical (unpaired) electrons. The largest absolute Gasteiger partial charge is 0.390 e. The number of β-amino-alcohol motifs (C(OH)–C–C–N with tert-alkyl or cyclic N) is 1. The number of carbonyl (C=O) groups excluding carboxylic acids is 1. The Morgan fingerprint density at radius 1 is 1.03 bits per heavy atom. The molecule has 6 heteroatoms. The standard InChI is InChI=1S/C26H33N3O3/c1-19-15-28(12-13-32-19)23-6-7-25-21(14-23)9-11-29(26(25)31)18-24(30)17-27-10-8-20-4-2-3-5-22(20)16-27/h2-7,14,19,24,30H,8-13,15-18H2,1H3/t19-,24+/m0/s1. The van der Waals surface area contributed by atoms with Crippen LogP contribution in [0.15, 0.2) is 42.5 Å². The second-order valence-corrected chi connectivity index (χ2v) is 9.38. The van der Waals surface area contributed by atoms with Gasteiger partial charge < -0.3 is 19.6 Å². The van der Waals surface area contributed by atoms with Gasteiger partial charge in [-0.2, -0.15) is 0 Å². The second kappa shape index (κ2) is 9.22. The predicted octanol–water partition coefficient (Wildman–Crippen LogP) is 2.33. The van der Waals surface area contributed by atoms with E-state index in [1.807, 2.05) is 11.0 Å². The van der Waals surface area contributed by atoms with Crippen molar-refractivity contribution in [2.75, 3.05) is 50.8 Å². The minimum Gasteiger partial charge on any atom is -0.390 e. The molecule has 0 aliphatic carbocycles. The summed E-state index contributed by atoms with van der Waals surface area (Å²) in [6.45, 7) is 8.07. The second-order valence-electron chi connectivity index (χ2n) is 9.38. The number of benzene rings is 2. The Balaban J connectivity index is 1.19. The molecular weight excluding hydrogens is 402 g/mol. The monoisotopic (exact) mass is 435 g/mol. The molecule has 3 aliphatic heterocycles. The quantitative estimate of drug-likeness (QED) is 0.781. The molecule has 2 atom stereocenters. The fourth-order valence-electron chi connectivity index (χ4n) is 5.27. The van der Waals surface area contributed by atoms with E-state index in [9.17, 15) is 9.90 Å². The molecule has 6 nitrogen and oxygen atoms in total. The molecular formula is C26H33N3O3. The first-order chi connectivity index (χ1) is 15.6. The maximum atomic E-state index is 13.1. The number of aliphatic hydroxyl groups is 1. The van der Waals surface area contributed by atoms with Crippen LogP contribution in [0.3, 0.4) is 0 Å². The number of morpholine rings is 1. The smallest absolute Gasteiger partial charge is 0.254 e. The Kier molecular flexibility index (Phi) is 6.17. The third kappa shape index (κ3) is 4.53. The zero-order valence-electron chi connectivity index (χ0n) is 18.9. The number of nitrogens with zero attached hydrogens (tertiary/aromatic N) is 3. The summed E-state index contributed by atoms with van der Waals surface area (Å²) in [5, 5.41) is 10.8. The first kappa shape index (κ1) is 21.4. The number of ether oxygens (including phenoxy) is 1. The molecule has 0 unspecified atom stereocenters. The van der Waals surface area contributed by atoms with Gasteiger partial charge in [-0.3, -0.25) is 9.69 Å². The summed E-state index contributed by atoms with van der Waals surface area (Å²) >= 11 is 0. The highest BCUT2D eigenvalue weighted by Gasteiger charge is 2.28. The molecule has 32 heavy (non-hydrogen) atoms. The highest BCUT2D eigenvalue weighted by molar-refractivity contribution is 5.97. The number of carbonyl (C=O) groups is 1. The van der Waals surface area contributed by atoms with Crippen LogP contribution in [-0.2, 0) is 24.1 Å². The Bertz CT molecular complexity index is 979. The Labute approximate surface area is 190 Å². The van der Waals surface area contributed by atoms with Crippen LogP contribution in [0, 0.1) is 0 Å². The molecule has 0 saturated carbocycles. The lowest BCUT2D eigenvalue weighted by atomic mass is 9.97. The van der Waals surface area contributed by atoms with Gasteiger partial charge >= 0.3 is 0 Å². The highest BCUT2D eigenvalue weighted by Crippen LogP contribution is 2.26. The molecule has 1 amide bonds. The van der Waals surface area contributed by atoms with Crippen LogP contribution in [0.25, 0.3) is 0 Å². The summed E-state index contributed by atoms with van der Waals surface area (Å²) in [6, 6.07) is 14.7. The first-order valence-corrected chi connectivity index (χ1v) is 11.8. The molecule has 170 valence electrons. The molecule has 2 aromatic carbocycles. The van der Waals surface area contributed by atoms with Crippen molar-refractivity contribution in [3.63, 3.8) is 0 Å². The van der Waals surface area contributed by atoms with E-state index in [0.29, 0.717) is 19.6 Å². The molecule has 0 spiro atoms. The fourth-order valence-corrected chi connectivity index (χ4v) is 5.27. The van der Waals surface area contributed by atoms with Gasteiger partial charge in [-0.15, -0.1) is 0 Å². The van der Waals surface area contributed by atoms with Crippen LogP contribution in [0.2, 0.25) is 0 Å². The van der Waals surface area contributed by atoms with Gasteiger partial charge in [-0.1, -0.05) is 24.3 Å². The predicted molar refractivity (Wildman–Crippen MR) is 125 cm³/mol. The van der Waals surface area contributed by atoms with E-state index >= 15 is 0 Å². The zero-order chi connectivity index (χ0) is 22.1. The van der Waals surface area contributed by atoms with Crippen molar-refractivity contribution in [3.05, 3.63) is 64.7 Å². The maximum Gasteiger partial charge on any atom is 0.254 e. The van der Waals surface area contributed by atoms with E-state index in [-0.39, 0.29) is 12.0 Å². The van der Waals surface area contributed by atoms with Crippen molar-refractivity contribution < 1.29 is 14.6 Å². The van der Waals surface area contributed by atoms with Crippen molar-refractivity contribution in [1.82, 2.24) is 9.80 Å². The number of rotatable bonds is 5. The lowest BCUT2D eigenvalue weighted by Crippen LogP contribution is -2.46. The minimum atomic E-state index is -0.542. The maximum absolute atomic E-state index is 13.1. The van der Waals surface area contributed by atoms with Gasteiger partial charge in [0, 0.05) is 57.1 Å². The van der Waals surface area contributed by atoms with Crippen LogP contribution >= 0.6 is 0 Å².